The normalized spacial score (nSPS) is 21.3. The summed E-state index contributed by atoms with van der Waals surface area (Å²) in [5.74, 6) is -0.108. The maximum atomic E-state index is 13.5. The first-order valence-corrected chi connectivity index (χ1v) is 15.4. The van der Waals surface area contributed by atoms with Crippen LogP contribution in [0.2, 0.25) is 0 Å². The Bertz CT molecular complexity index is 1350. The number of amides is 1. The molecule has 3 aliphatic rings. The molecule has 0 radical (unpaired) electrons. The lowest BCUT2D eigenvalue weighted by Crippen LogP contribution is -2.52. The van der Waals surface area contributed by atoms with E-state index in [4.69, 9.17) is 0 Å². The second kappa shape index (κ2) is 11.2. The molecule has 0 aromatic heterocycles. The molecular formula is C31H36N4O3S. The third kappa shape index (κ3) is 5.39. The van der Waals surface area contributed by atoms with Crippen molar-refractivity contribution in [3.05, 3.63) is 102 Å². The minimum Gasteiger partial charge on any atom is -0.336 e. The molecule has 0 unspecified atom stereocenters. The lowest BCUT2D eigenvalue weighted by molar-refractivity contribution is 0.0597. The van der Waals surface area contributed by atoms with E-state index in [1.807, 2.05) is 17.0 Å². The van der Waals surface area contributed by atoms with Crippen LogP contribution in [-0.2, 0) is 10.0 Å². The van der Waals surface area contributed by atoms with Crippen molar-refractivity contribution in [2.45, 2.75) is 29.8 Å². The Kier molecular flexibility index (Phi) is 7.53. The second-order valence-corrected chi connectivity index (χ2v) is 12.7. The summed E-state index contributed by atoms with van der Waals surface area (Å²) in [6.45, 7) is 5.54. The number of nitrogens with zero attached hydrogens (tertiary/aromatic N) is 4. The van der Waals surface area contributed by atoms with E-state index >= 15 is 0 Å². The van der Waals surface area contributed by atoms with Gasteiger partial charge in [0.25, 0.3) is 5.91 Å². The summed E-state index contributed by atoms with van der Waals surface area (Å²) in [6.07, 6.45) is 2.18. The summed E-state index contributed by atoms with van der Waals surface area (Å²) in [6, 6.07) is 28.0. The fourth-order valence-corrected chi connectivity index (χ4v) is 7.89. The van der Waals surface area contributed by atoms with Crippen LogP contribution in [0.15, 0.2) is 89.8 Å². The van der Waals surface area contributed by atoms with Crippen LogP contribution in [0.25, 0.3) is 0 Å². The van der Waals surface area contributed by atoms with Crippen molar-refractivity contribution in [2.75, 3.05) is 52.4 Å². The number of fused-ring (bicyclic) bond motifs is 1. The van der Waals surface area contributed by atoms with Crippen LogP contribution in [0.4, 0.5) is 0 Å². The maximum Gasteiger partial charge on any atom is 0.253 e. The Morgan fingerprint density at radius 1 is 0.744 bits per heavy atom. The van der Waals surface area contributed by atoms with Crippen LogP contribution in [0.3, 0.4) is 0 Å². The summed E-state index contributed by atoms with van der Waals surface area (Å²) < 4.78 is 28.6. The van der Waals surface area contributed by atoms with E-state index in [9.17, 15) is 13.2 Å². The van der Waals surface area contributed by atoms with Gasteiger partial charge in [0.05, 0.1) is 10.9 Å². The summed E-state index contributed by atoms with van der Waals surface area (Å²) in [7, 11) is -3.64. The van der Waals surface area contributed by atoms with Gasteiger partial charge < -0.3 is 4.90 Å². The molecule has 0 saturated carbocycles. The van der Waals surface area contributed by atoms with Gasteiger partial charge in [-0.3, -0.25) is 14.6 Å². The van der Waals surface area contributed by atoms with E-state index in [0.29, 0.717) is 37.8 Å². The molecule has 0 bridgehead atoms. The first-order chi connectivity index (χ1) is 19.0. The highest BCUT2D eigenvalue weighted by molar-refractivity contribution is 7.89. The molecule has 1 amide bonds. The highest BCUT2D eigenvalue weighted by atomic mass is 32.2. The number of rotatable bonds is 6. The van der Waals surface area contributed by atoms with E-state index in [1.165, 1.54) is 11.1 Å². The minimum atomic E-state index is -3.64. The molecule has 0 N–H and O–H groups in total. The Balaban J connectivity index is 1.15. The molecule has 8 heteroatoms. The topological polar surface area (TPSA) is 64.2 Å². The van der Waals surface area contributed by atoms with Crippen molar-refractivity contribution in [1.82, 2.24) is 19.0 Å². The number of carbonyl (C=O) groups excluding carboxylic acids is 1. The standard InChI is InChI=1S/C31H36N4O3S/c36-31(27-13-7-15-29(23-27)39(37,38)35-22-21-32-16-8-14-28(32)24-35)34-19-17-33(18-20-34)30(25-9-3-1-4-10-25)26-11-5-2-6-12-26/h1-7,9-13,15,23,28,30H,8,14,16-22,24H2/t28-/m1/s1. The average Bonchev–Trinajstić information content (AvgIpc) is 3.47. The van der Waals surface area contributed by atoms with Crippen LogP contribution < -0.4 is 0 Å². The van der Waals surface area contributed by atoms with Crippen molar-refractivity contribution in [3.63, 3.8) is 0 Å². The average molecular weight is 545 g/mol. The maximum absolute atomic E-state index is 13.5. The van der Waals surface area contributed by atoms with Gasteiger partial charge in [0.1, 0.15) is 0 Å². The Hall–Kier alpha value is -3.04. The fraction of sp³-hybridized carbons (Fsp3) is 0.387. The molecule has 3 aromatic carbocycles. The van der Waals surface area contributed by atoms with Gasteiger partial charge in [-0.1, -0.05) is 66.7 Å². The van der Waals surface area contributed by atoms with Gasteiger partial charge in [0.2, 0.25) is 10.0 Å². The quantitative estimate of drug-likeness (QED) is 0.474. The minimum absolute atomic E-state index is 0.108. The van der Waals surface area contributed by atoms with E-state index < -0.39 is 10.0 Å². The van der Waals surface area contributed by atoms with Crippen LogP contribution in [0.5, 0.6) is 0 Å². The van der Waals surface area contributed by atoms with E-state index in [-0.39, 0.29) is 16.8 Å². The van der Waals surface area contributed by atoms with Gasteiger partial charge in [0.15, 0.2) is 0 Å². The van der Waals surface area contributed by atoms with Crippen LogP contribution in [0.1, 0.15) is 40.4 Å². The molecule has 1 atom stereocenters. The van der Waals surface area contributed by atoms with Crippen molar-refractivity contribution >= 4 is 15.9 Å². The predicted octanol–water partition coefficient (Wildman–Crippen LogP) is 3.70. The number of piperazine rings is 2. The van der Waals surface area contributed by atoms with Crippen molar-refractivity contribution in [3.8, 4) is 0 Å². The number of benzene rings is 3. The van der Waals surface area contributed by atoms with Gasteiger partial charge in [-0.25, -0.2) is 8.42 Å². The molecule has 3 saturated heterocycles. The predicted molar refractivity (Wildman–Crippen MR) is 152 cm³/mol. The lowest BCUT2D eigenvalue weighted by atomic mass is 9.96. The molecule has 3 fully saturated rings. The zero-order chi connectivity index (χ0) is 26.8. The largest absolute Gasteiger partial charge is 0.336 e. The highest BCUT2D eigenvalue weighted by Crippen LogP contribution is 2.30. The summed E-state index contributed by atoms with van der Waals surface area (Å²) in [5, 5.41) is 0. The second-order valence-electron chi connectivity index (χ2n) is 10.8. The monoisotopic (exact) mass is 544 g/mol. The third-order valence-electron chi connectivity index (χ3n) is 8.47. The molecule has 204 valence electrons. The molecular weight excluding hydrogens is 508 g/mol. The zero-order valence-electron chi connectivity index (χ0n) is 22.2. The molecule has 6 rings (SSSR count). The number of hydrogen-bond acceptors (Lipinski definition) is 5. The van der Waals surface area contributed by atoms with Gasteiger partial charge in [-0.15, -0.1) is 0 Å². The molecule has 0 spiro atoms. The van der Waals surface area contributed by atoms with Crippen LogP contribution in [0, 0.1) is 0 Å². The van der Waals surface area contributed by atoms with Crippen LogP contribution in [-0.4, -0.2) is 91.7 Å². The van der Waals surface area contributed by atoms with E-state index in [1.54, 1.807) is 28.6 Å². The SMILES string of the molecule is O=C(c1cccc(S(=O)(=O)N2CCN3CCC[C@@H]3C2)c1)N1CCN(C(c2ccccc2)c2ccccc2)CC1. The number of hydrogen-bond donors (Lipinski definition) is 0. The third-order valence-corrected chi connectivity index (χ3v) is 10.3. The molecule has 39 heavy (non-hydrogen) atoms. The fourth-order valence-electron chi connectivity index (χ4n) is 6.37. The van der Waals surface area contributed by atoms with Gasteiger partial charge in [0, 0.05) is 57.4 Å². The molecule has 3 aromatic rings. The smallest absolute Gasteiger partial charge is 0.253 e. The Labute approximate surface area is 231 Å². The number of sulfonamides is 1. The molecule has 7 nitrogen and oxygen atoms in total. The van der Waals surface area contributed by atoms with Crippen molar-refractivity contribution in [2.24, 2.45) is 0 Å². The lowest BCUT2D eigenvalue weighted by Gasteiger charge is -2.40. The van der Waals surface area contributed by atoms with E-state index in [0.717, 1.165) is 39.0 Å². The zero-order valence-corrected chi connectivity index (χ0v) is 23.0. The van der Waals surface area contributed by atoms with Crippen molar-refractivity contribution < 1.29 is 13.2 Å². The van der Waals surface area contributed by atoms with Gasteiger partial charge >= 0.3 is 0 Å². The Morgan fingerprint density at radius 3 is 2.08 bits per heavy atom. The number of carbonyl (C=O) groups is 1. The summed E-state index contributed by atoms with van der Waals surface area (Å²) in [5.41, 5.74) is 2.91. The van der Waals surface area contributed by atoms with Crippen LogP contribution >= 0.6 is 0 Å². The van der Waals surface area contributed by atoms with E-state index in [2.05, 4.69) is 58.3 Å². The molecule has 3 heterocycles. The summed E-state index contributed by atoms with van der Waals surface area (Å²) in [4.78, 5) is 20.4. The van der Waals surface area contributed by atoms with Gasteiger partial charge in [-0.2, -0.15) is 4.31 Å². The first kappa shape index (κ1) is 26.2. The molecule has 0 aliphatic carbocycles. The Morgan fingerprint density at radius 2 is 1.41 bits per heavy atom. The molecule has 3 aliphatic heterocycles. The highest BCUT2D eigenvalue weighted by Gasteiger charge is 2.36. The summed E-state index contributed by atoms with van der Waals surface area (Å²) >= 11 is 0. The van der Waals surface area contributed by atoms with Gasteiger partial charge in [-0.05, 0) is 48.7 Å². The van der Waals surface area contributed by atoms with Crippen molar-refractivity contribution in [1.29, 1.82) is 0 Å². The first-order valence-electron chi connectivity index (χ1n) is 14.0.